The van der Waals surface area contributed by atoms with Crippen molar-refractivity contribution in [2.75, 3.05) is 6.54 Å². The molecule has 1 nitrogen and oxygen atoms in total. The van der Waals surface area contributed by atoms with Gasteiger partial charge >= 0.3 is 0 Å². The van der Waals surface area contributed by atoms with Gasteiger partial charge in [0.1, 0.15) is 0 Å². The predicted molar refractivity (Wildman–Crippen MR) is 90.8 cm³/mol. The first-order valence-corrected chi connectivity index (χ1v) is 9.69. The van der Waals surface area contributed by atoms with Gasteiger partial charge in [0, 0.05) is 16.2 Å². The quantitative estimate of drug-likeness (QED) is 0.859. The molecule has 0 amide bonds. The van der Waals surface area contributed by atoms with Gasteiger partial charge in [0.15, 0.2) is 0 Å². The second-order valence-electron chi connectivity index (χ2n) is 7.30. The van der Waals surface area contributed by atoms with Crippen molar-refractivity contribution in [3.63, 3.8) is 0 Å². The van der Waals surface area contributed by atoms with Crippen LogP contribution in [-0.4, -0.2) is 17.8 Å². The van der Waals surface area contributed by atoms with Gasteiger partial charge in [-0.15, -0.1) is 11.8 Å². The molecule has 0 aromatic heterocycles. The van der Waals surface area contributed by atoms with E-state index in [1.807, 2.05) is 0 Å². The number of benzene rings is 1. The Balaban J connectivity index is 1.43. The molecule has 1 heterocycles. The molecular formula is C19H27NS. The molecule has 21 heavy (non-hydrogen) atoms. The lowest BCUT2D eigenvalue weighted by Gasteiger charge is -2.30. The van der Waals surface area contributed by atoms with Gasteiger partial charge in [-0.2, -0.15) is 0 Å². The zero-order chi connectivity index (χ0) is 14.2. The Morgan fingerprint density at radius 3 is 2.86 bits per heavy atom. The van der Waals surface area contributed by atoms with Gasteiger partial charge in [-0.3, -0.25) is 0 Å². The minimum atomic E-state index is 0.705. The van der Waals surface area contributed by atoms with Crippen molar-refractivity contribution < 1.29 is 0 Å². The third kappa shape index (κ3) is 2.77. The zero-order valence-electron chi connectivity index (χ0n) is 13.1. The summed E-state index contributed by atoms with van der Waals surface area (Å²) >= 11 is 2.13. The maximum absolute atomic E-state index is 3.82. The highest BCUT2D eigenvalue weighted by Crippen LogP contribution is 2.51. The van der Waals surface area contributed by atoms with Crippen LogP contribution in [0.1, 0.15) is 44.6 Å². The summed E-state index contributed by atoms with van der Waals surface area (Å²) in [5.74, 6) is 3.15. The van der Waals surface area contributed by atoms with Gasteiger partial charge in [0.25, 0.3) is 0 Å². The highest BCUT2D eigenvalue weighted by Gasteiger charge is 2.41. The third-order valence-corrected chi connectivity index (χ3v) is 7.48. The summed E-state index contributed by atoms with van der Waals surface area (Å²) in [4.78, 5) is 1.53. The number of rotatable bonds is 5. The summed E-state index contributed by atoms with van der Waals surface area (Å²) in [6.07, 6.45) is 8.79. The van der Waals surface area contributed by atoms with Crippen molar-refractivity contribution in [2.45, 2.75) is 61.6 Å². The summed E-state index contributed by atoms with van der Waals surface area (Å²) in [6.45, 7) is 3.37. The minimum absolute atomic E-state index is 0.705. The SMILES string of the molecule is CCNC(CC1CC2CCC1C2)C1Cc2ccccc2S1. The van der Waals surface area contributed by atoms with Crippen LogP contribution in [0, 0.1) is 17.8 Å². The molecule has 0 radical (unpaired) electrons. The summed E-state index contributed by atoms with van der Waals surface area (Å²) in [7, 11) is 0. The molecule has 4 rings (SSSR count). The summed E-state index contributed by atoms with van der Waals surface area (Å²) < 4.78 is 0. The first-order valence-electron chi connectivity index (χ1n) is 8.81. The Hall–Kier alpha value is -0.470. The third-order valence-electron chi connectivity index (χ3n) is 6.03. The van der Waals surface area contributed by atoms with Gasteiger partial charge in [0.2, 0.25) is 0 Å². The molecule has 0 saturated heterocycles. The maximum atomic E-state index is 3.82. The van der Waals surface area contributed by atoms with Crippen molar-refractivity contribution in [3.05, 3.63) is 29.8 Å². The normalized spacial score (nSPS) is 35.1. The summed E-state index contributed by atoms with van der Waals surface area (Å²) in [6, 6.07) is 9.72. The largest absolute Gasteiger partial charge is 0.313 e. The van der Waals surface area contributed by atoms with Crippen molar-refractivity contribution in [3.8, 4) is 0 Å². The average molecular weight is 301 g/mol. The van der Waals surface area contributed by atoms with Crippen molar-refractivity contribution in [2.24, 2.45) is 17.8 Å². The number of hydrogen-bond acceptors (Lipinski definition) is 2. The van der Waals surface area contributed by atoms with Crippen molar-refractivity contribution in [1.82, 2.24) is 5.32 Å². The van der Waals surface area contributed by atoms with E-state index in [4.69, 9.17) is 0 Å². The number of thioether (sulfide) groups is 1. The molecule has 2 heteroatoms. The van der Waals surface area contributed by atoms with Crippen LogP contribution < -0.4 is 5.32 Å². The minimum Gasteiger partial charge on any atom is -0.313 e. The Kier molecular flexibility index (Phi) is 4.02. The van der Waals surface area contributed by atoms with E-state index >= 15 is 0 Å². The maximum Gasteiger partial charge on any atom is 0.0289 e. The molecular weight excluding hydrogens is 274 g/mol. The number of hydrogen-bond donors (Lipinski definition) is 1. The Bertz CT molecular complexity index is 475. The second-order valence-corrected chi connectivity index (χ2v) is 8.58. The first-order chi connectivity index (χ1) is 10.3. The second kappa shape index (κ2) is 5.96. The van der Waals surface area contributed by atoms with E-state index < -0.39 is 0 Å². The van der Waals surface area contributed by atoms with Gasteiger partial charge in [0.05, 0.1) is 0 Å². The van der Waals surface area contributed by atoms with Crippen LogP contribution in [-0.2, 0) is 6.42 Å². The molecule has 1 aromatic rings. The van der Waals surface area contributed by atoms with E-state index in [0.717, 1.165) is 29.5 Å². The fourth-order valence-electron chi connectivity index (χ4n) is 5.05. The fraction of sp³-hybridized carbons (Fsp3) is 0.684. The van der Waals surface area contributed by atoms with Crippen LogP contribution in [0.15, 0.2) is 29.2 Å². The molecule has 2 aliphatic carbocycles. The first kappa shape index (κ1) is 14.1. The van der Waals surface area contributed by atoms with E-state index in [1.165, 1.54) is 37.0 Å². The van der Waals surface area contributed by atoms with E-state index in [0.29, 0.717) is 6.04 Å². The van der Waals surface area contributed by atoms with Crippen LogP contribution in [0.25, 0.3) is 0 Å². The van der Waals surface area contributed by atoms with Gasteiger partial charge < -0.3 is 5.32 Å². The van der Waals surface area contributed by atoms with Crippen LogP contribution in [0.2, 0.25) is 0 Å². The Labute approximate surface area is 133 Å². The van der Waals surface area contributed by atoms with E-state index in [9.17, 15) is 0 Å². The lowest BCUT2D eigenvalue weighted by atomic mass is 9.83. The topological polar surface area (TPSA) is 12.0 Å². The predicted octanol–water partition coefficient (Wildman–Crippen LogP) is 4.51. The molecule has 1 aromatic carbocycles. The van der Waals surface area contributed by atoms with Crippen molar-refractivity contribution in [1.29, 1.82) is 0 Å². The molecule has 2 saturated carbocycles. The highest BCUT2D eigenvalue weighted by atomic mass is 32.2. The molecule has 0 spiro atoms. The Morgan fingerprint density at radius 1 is 1.24 bits per heavy atom. The van der Waals surface area contributed by atoms with E-state index in [2.05, 4.69) is 48.3 Å². The Morgan fingerprint density at radius 2 is 2.14 bits per heavy atom. The van der Waals surface area contributed by atoms with Crippen molar-refractivity contribution >= 4 is 11.8 Å². The molecule has 3 aliphatic rings. The van der Waals surface area contributed by atoms with Gasteiger partial charge in [-0.25, -0.2) is 0 Å². The van der Waals surface area contributed by atoms with Crippen LogP contribution in [0.3, 0.4) is 0 Å². The smallest absolute Gasteiger partial charge is 0.0289 e. The molecule has 2 fully saturated rings. The molecule has 5 unspecified atom stereocenters. The lowest BCUT2D eigenvalue weighted by molar-refractivity contribution is 0.276. The molecule has 1 N–H and O–H groups in total. The average Bonchev–Trinajstić information content (AvgIpc) is 3.21. The van der Waals surface area contributed by atoms with Gasteiger partial charge in [-0.05, 0) is 68.0 Å². The van der Waals surface area contributed by atoms with E-state index in [-0.39, 0.29) is 0 Å². The molecule has 5 atom stereocenters. The fourth-order valence-corrected chi connectivity index (χ4v) is 6.47. The standard InChI is InChI=1S/C19H27NS/c1-2-20-17(11-16-10-13-7-8-14(16)9-13)19-12-15-5-3-4-6-18(15)21-19/h3-6,13-14,16-17,19-20H,2,7-12H2,1H3. The zero-order valence-corrected chi connectivity index (χ0v) is 13.9. The molecule has 2 bridgehead atoms. The lowest BCUT2D eigenvalue weighted by Crippen LogP contribution is -2.40. The summed E-state index contributed by atoms with van der Waals surface area (Å²) in [5, 5.41) is 4.58. The molecule has 1 aliphatic heterocycles. The van der Waals surface area contributed by atoms with Crippen LogP contribution in [0.5, 0.6) is 0 Å². The highest BCUT2D eigenvalue weighted by molar-refractivity contribution is 8.00. The number of fused-ring (bicyclic) bond motifs is 3. The van der Waals surface area contributed by atoms with Crippen LogP contribution in [0.4, 0.5) is 0 Å². The van der Waals surface area contributed by atoms with Gasteiger partial charge in [-0.1, -0.05) is 31.5 Å². The van der Waals surface area contributed by atoms with Crippen LogP contribution >= 0.6 is 11.8 Å². The number of nitrogens with one attached hydrogen (secondary N) is 1. The van der Waals surface area contributed by atoms with E-state index in [1.54, 1.807) is 12.0 Å². The summed E-state index contributed by atoms with van der Waals surface area (Å²) in [5.41, 5.74) is 1.57. The molecule has 114 valence electrons. The monoisotopic (exact) mass is 301 g/mol.